The quantitative estimate of drug-likeness (QED) is 0.632. The number of nitrogens with one attached hydrogen (secondary N) is 1. The van der Waals surface area contributed by atoms with Gasteiger partial charge in [-0.25, -0.2) is 9.97 Å². The molecule has 0 atom stereocenters. The number of thioether (sulfide) groups is 1. The minimum Gasteiger partial charge on any atom is -0.369 e. The minimum atomic E-state index is 0.751. The average Bonchev–Trinajstić information content (AvgIpc) is 2.49. The molecule has 2 aromatic rings. The Bertz CT molecular complexity index is 620. The zero-order valence-electron chi connectivity index (χ0n) is 12.0. The maximum Gasteiger partial charge on any atom is 0.144 e. The lowest BCUT2D eigenvalue weighted by Crippen LogP contribution is -2.07. The summed E-state index contributed by atoms with van der Waals surface area (Å²) in [6, 6.07) is 8.20. The van der Waals surface area contributed by atoms with Crippen molar-refractivity contribution < 1.29 is 0 Å². The molecule has 1 aromatic carbocycles. The van der Waals surface area contributed by atoms with Gasteiger partial charge in [0.1, 0.15) is 11.6 Å². The molecule has 0 radical (unpaired) electrons. The van der Waals surface area contributed by atoms with Crippen LogP contribution in [0, 0.1) is 0 Å². The average molecular weight is 431 g/mol. The Morgan fingerprint density at radius 1 is 1.14 bits per heavy atom. The van der Waals surface area contributed by atoms with Crippen LogP contribution in [0.4, 0.5) is 5.82 Å². The Labute approximate surface area is 146 Å². The number of aromatic nitrogens is 2. The van der Waals surface area contributed by atoms with Gasteiger partial charge >= 0.3 is 0 Å². The van der Waals surface area contributed by atoms with Gasteiger partial charge < -0.3 is 5.32 Å². The number of rotatable bonds is 6. The van der Waals surface area contributed by atoms with E-state index >= 15 is 0 Å². The standard InChI is InChI=1S/C15H17Br2N3S/c1-3-11-14(17)15(18-4-2)20-13(19-11)9-21-12-8-6-5-7-10(12)16/h5-8H,3-4,9H2,1-2H3,(H,18,19,20). The van der Waals surface area contributed by atoms with Crippen LogP contribution in [0.1, 0.15) is 25.4 Å². The smallest absolute Gasteiger partial charge is 0.144 e. The summed E-state index contributed by atoms with van der Waals surface area (Å²) in [5, 5.41) is 3.28. The van der Waals surface area contributed by atoms with Gasteiger partial charge in [-0.2, -0.15) is 0 Å². The lowest BCUT2D eigenvalue weighted by Gasteiger charge is -2.11. The third kappa shape index (κ3) is 4.44. The van der Waals surface area contributed by atoms with Crippen molar-refractivity contribution in [3.05, 3.63) is 44.7 Å². The molecule has 0 amide bonds. The lowest BCUT2D eigenvalue weighted by atomic mass is 10.3. The van der Waals surface area contributed by atoms with Crippen molar-refractivity contribution in [1.29, 1.82) is 0 Å². The van der Waals surface area contributed by atoms with Crippen LogP contribution < -0.4 is 5.32 Å². The molecule has 0 aliphatic carbocycles. The summed E-state index contributed by atoms with van der Waals surface area (Å²) in [7, 11) is 0. The molecular formula is C15H17Br2N3S. The molecule has 0 saturated heterocycles. The van der Waals surface area contributed by atoms with E-state index in [4.69, 9.17) is 0 Å². The van der Waals surface area contributed by atoms with E-state index in [2.05, 4.69) is 67.1 Å². The zero-order valence-corrected chi connectivity index (χ0v) is 16.0. The van der Waals surface area contributed by atoms with Gasteiger partial charge in [0.05, 0.1) is 15.9 Å². The largest absolute Gasteiger partial charge is 0.369 e. The van der Waals surface area contributed by atoms with Crippen LogP contribution in [0.25, 0.3) is 0 Å². The third-order valence-corrected chi connectivity index (χ3v) is 5.70. The Balaban J connectivity index is 2.20. The first-order chi connectivity index (χ1) is 10.2. The van der Waals surface area contributed by atoms with Crippen molar-refractivity contribution in [2.24, 2.45) is 0 Å². The number of halogens is 2. The SMILES string of the molecule is CCNc1nc(CSc2ccccc2Br)nc(CC)c1Br. The fourth-order valence-corrected chi connectivity index (χ4v) is 3.85. The first kappa shape index (κ1) is 16.8. The second kappa shape index (κ2) is 8.15. The highest BCUT2D eigenvalue weighted by Gasteiger charge is 2.11. The van der Waals surface area contributed by atoms with Gasteiger partial charge in [-0.15, -0.1) is 11.8 Å². The van der Waals surface area contributed by atoms with Crippen LogP contribution in [0.3, 0.4) is 0 Å². The molecular weight excluding hydrogens is 414 g/mol. The fraction of sp³-hybridized carbons (Fsp3) is 0.333. The predicted octanol–water partition coefficient (Wildman–Crippen LogP) is 5.29. The van der Waals surface area contributed by atoms with Crippen molar-refractivity contribution in [3.63, 3.8) is 0 Å². The van der Waals surface area contributed by atoms with E-state index in [1.807, 2.05) is 18.2 Å². The maximum atomic E-state index is 4.64. The Morgan fingerprint density at radius 3 is 2.57 bits per heavy atom. The first-order valence-electron chi connectivity index (χ1n) is 6.82. The Kier molecular flexibility index (Phi) is 6.51. The highest BCUT2D eigenvalue weighted by Crippen LogP contribution is 2.30. The molecule has 112 valence electrons. The Morgan fingerprint density at radius 2 is 1.90 bits per heavy atom. The second-order valence-corrected chi connectivity index (χ2v) is 7.02. The van der Waals surface area contributed by atoms with Crippen LogP contribution >= 0.6 is 43.6 Å². The predicted molar refractivity (Wildman–Crippen MR) is 97.0 cm³/mol. The summed E-state index contributed by atoms with van der Waals surface area (Å²) in [5.74, 6) is 2.49. The van der Waals surface area contributed by atoms with Gasteiger partial charge in [0.2, 0.25) is 0 Å². The van der Waals surface area contributed by atoms with Crippen LogP contribution in [0.2, 0.25) is 0 Å². The van der Waals surface area contributed by atoms with Gasteiger partial charge in [0.15, 0.2) is 0 Å². The summed E-state index contributed by atoms with van der Waals surface area (Å²) in [6.45, 7) is 5.01. The molecule has 0 spiro atoms. The van der Waals surface area contributed by atoms with E-state index < -0.39 is 0 Å². The number of hydrogen-bond acceptors (Lipinski definition) is 4. The summed E-state index contributed by atoms with van der Waals surface area (Å²) in [5.41, 5.74) is 1.05. The number of anilines is 1. The van der Waals surface area contributed by atoms with Crippen LogP contribution in [-0.4, -0.2) is 16.5 Å². The Hall–Kier alpha value is -0.590. The van der Waals surface area contributed by atoms with E-state index in [1.54, 1.807) is 11.8 Å². The zero-order chi connectivity index (χ0) is 15.2. The van der Waals surface area contributed by atoms with E-state index in [-0.39, 0.29) is 0 Å². The monoisotopic (exact) mass is 429 g/mol. The molecule has 0 saturated carbocycles. The van der Waals surface area contributed by atoms with Gasteiger partial charge in [-0.05, 0) is 57.3 Å². The van der Waals surface area contributed by atoms with Crippen molar-refractivity contribution in [3.8, 4) is 0 Å². The minimum absolute atomic E-state index is 0.751. The number of benzene rings is 1. The van der Waals surface area contributed by atoms with E-state index in [9.17, 15) is 0 Å². The van der Waals surface area contributed by atoms with E-state index in [0.29, 0.717) is 0 Å². The summed E-state index contributed by atoms with van der Waals surface area (Å²) in [4.78, 5) is 10.5. The van der Waals surface area contributed by atoms with Crippen molar-refractivity contribution in [2.75, 3.05) is 11.9 Å². The van der Waals surface area contributed by atoms with Gasteiger partial charge in [-0.3, -0.25) is 0 Å². The van der Waals surface area contributed by atoms with Crippen molar-refractivity contribution >= 4 is 49.4 Å². The molecule has 0 bridgehead atoms. The summed E-state index contributed by atoms with van der Waals surface area (Å²) in [6.07, 6.45) is 0.883. The van der Waals surface area contributed by atoms with Crippen molar-refractivity contribution in [2.45, 2.75) is 30.9 Å². The molecule has 21 heavy (non-hydrogen) atoms. The van der Waals surface area contributed by atoms with Crippen LogP contribution in [-0.2, 0) is 12.2 Å². The maximum absolute atomic E-state index is 4.64. The summed E-state index contributed by atoms with van der Waals surface area (Å²) < 4.78 is 2.08. The molecule has 1 aromatic heterocycles. The molecule has 0 unspecified atom stereocenters. The van der Waals surface area contributed by atoms with Gasteiger partial charge in [0, 0.05) is 15.9 Å². The molecule has 1 N–H and O–H groups in total. The van der Waals surface area contributed by atoms with Crippen molar-refractivity contribution in [1.82, 2.24) is 9.97 Å². The number of nitrogens with zero attached hydrogens (tertiary/aromatic N) is 2. The third-order valence-electron chi connectivity index (χ3n) is 2.84. The molecule has 1 heterocycles. The topological polar surface area (TPSA) is 37.8 Å². The number of aryl methyl sites for hydroxylation is 1. The summed E-state index contributed by atoms with van der Waals surface area (Å²) >= 11 is 8.89. The van der Waals surface area contributed by atoms with Crippen LogP contribution in [0.15, 0.2) is 38.1 Å². The van der Waals surface area contributed by atoms with E-state index in [0.717, 1.165) is 45.0 Å². The van der Waals surface area contributed by atoms with Gasteiger partial charge in [-0.1, -0.05) is 19.1 Å². The molecule has 0 aliphatic rings. The molecule has 3 nitrogen and oxygen atoms in total. The highest BCUT2D eigenvalue weighted by molar-refractivity contribution is 9.11. The molecule has 6 heteroatoms. The normalized spacial score (nSPS) is 10.7. The first-order valence-corrected chi connectivity index (χ1v) is 9.39. The second-order valence-electron chi connectivity index (χ2n) is 4.35. The number of hydrogen-bond donors (Lipinski definition) is 1. The van der Waals surface area contributed by atoms with E-state index in [1.165, 1.54) is 4.90 Å². The lowest BCUT2D eigenvalue weighted by molar-refractivity contribution is 0.924. The highest BCUT2D eigenvalue weighted by atomic mass is 79.9. The molecule has 0 fully saturated rings. The molecule has 0 aliphatic heterocycles. The van der Waals surface area contributed by atoms with Crippen LogP contribution in [0.5, 0.6) is 0 Å². The van der Waals surface area contributed by atoms with Gasteiger partial charge in [0.25, 0.3) is 0 Å². The molecule has 2 rings (SSSR count). The fourth-order valence-electron chi connectivity index (χ4n) is 1.83.